The Kier molecular flexibility index (Phi) is 4.94. The van der Waals surface area contributed by atoms with Crippen LogP contribution in [0.3, 0.4) is 0 Å². The number of nitrogens with zero attached hydrogens (tertiary/aromatic N) is 2. The monoisotopic (exact) mass is 372 g/mol. The van der Waals surface area contributed by atoms with Crippen molar-refractivity contribution in [2.75, 3.05) is 10.0 Å². The first-order valence-electron chi connectivity index (χ1n) is 8.06. The predicted molar refractivity (Wildman–Crippen MR) is 99.5 cm³/mol. The highest BCUT2D eigenvalue weighted by Gasteiger charge is 2.24. The van der Waals surface area contributed by atoms with Crippen molar-refractivity contribution in [3.8, 4) is 0 Å². The van der Waals surface area contributed by atoms with Crippen LogP contribution in [-0.4, -0.2) is 18.6 Å². The van der Waals surface area contributed by atoms with Crippen LogP contribution in [0.2, 0.25) is 0 Å². The van der Waals surface area contributed by atoms with E-state index in [4.69, 9.17) is 4.52 Å². The van der Waals surface area contributed by atoms with E-state index in [0.717, 1.165) is 11.3 Å². The SMILES string of the molecule is Cc1cccc(CNc2ccc(NS(=O)(=O)c3c(C)noc3C)nc2)c1. The molecule has 0 amide bonds. The van der Waals surface area contributed by atoms with Gasteiger partial charge in [-0.05, 0) is 38.5 Å². The van der Waals surface area contributed by atoms with Crippen LogP contribution in [0.1, 0.15) is 22.6 Å². The van der Waals surface area contributed by atoms with Gasteiger partial charge in [-0.25, -0.2) is 13.4 Å². The maximum absolute atomic E-state index is 12.5. The number of nitrogens with one attached hydrogen (secondary N) is 2. The molecule has 136 valence electrons. The van der Waals surface area contributed by atoms with E-state index in [1.165, 1.54) is 5.56 Å². The molecule has 0 radical (unpaired) electrons. The summed E-state index contributed by atoms with van der Waals surface area (Å²) in [4.78, 5) is 4.20. The van der Waals surface area contributed by atoms with E-state index in [0.29, 0.717) is 12.2 Å². The smallest absolute Gasteiger partial charge is 0.268 e. The quantitative estimate of drug-likeness (QED) is 0.688. The summed E-state index contributed by atoms with van der Waals surface area (Å²) < 4.78 is 32.3. The van der Waals surface area contributed by atoms with Crippen LogP contribution < -0.4 is 10.0 Å². The Bertz CT molecular complexity index is 992. The minimum Gasteiger partial charge on any atom is -0.380 e. The molecule has 3 rings (SSSR count). The molecule has 0 saturated carbocycles. The molecule has 0 fully saturated rings. The van der Waals surface area contributed by atoms with Crippen molar-refractivity contribution < 1.29 is 12.9 Å². The van der Waals surface area contributed by atoms with Crippen LogP contribution in [0.5, 0.6) is 0 Å². The average molecular weight is 372 g/mol. The fraction of sp³-hybridized carbons (Fsp3) is 0.222. The van der Waals surface area contributed by atoms with Crippen LogP contribution in [-0.2, 0) is 16.6 Å². The number of hydrogen-bond acceptors (Lipinski definition) is 6. The van der Waals surface area contributed by atoms with Crippen molar-refractivity contribution in [1.29, 1.82) is 0 Å². The van der Waals surface area contributed by atoms with Gasteiger partial charge < -0.3 is 9.84 Å². The van der Waals surface area contributed by atoms with E-state index >= 15 is 0 Å². The number of sulfonamides is 1. The molecule has 1 aromatic carbocycles. The highest BCUT2D eigenvalue weighted by atomic mass is 32.2. The van der Waals surface area contributed by atoms with Gasteiger partial charge in [0.05, 0.1) is 11.9 Å². The molecule has 0 saturated heterocycles. The molecule has 3 aromatic rings. The second-order valence-corrected chi connectivity index (χ2v) is 7.65. The normalized spacial score (nSPS) is 11.3. The lowest BCUT2D eigenvalue weighted by Gasteiger charge is -2.09. The van der Waals surface area contributed by atoms with Crippen LogP contribution in [0.4, 0.5) is 11.5 Å². The van der Waals surface area contributed by atoms with E-state index in [1.54, 1.807) is 32.2 Å². The molecule has 0 spiro atoms. The first-order chi connectivity index (χ1) is 12.3. The number of pyridine rings is 1. The summed E-state index contributed by atoms with van der Waals surface area (Å²) in [5.41, 5.74) is 3.47. The zero-order valence-electron chi connectivity index (χ0n) is 14.8. The summed E-state index contributed by atoms with van der Waals surface area (Å²) in [5, 5.41) is 6.93. The number of anilines is 2. The number of aryl methyl sites for hydroxylation is 3. The number of benzene rings is 1. The highest BCUT2D eigenvalue weighted by molar-refractivity contribution is 7.92. The standard InChI is InChI=1S/C18H20N4O3S/c1-12-5-4-6-15(9-12)10-19-16-7-8-17(20-11-16)22-26(23,24)18-13(2)21-25-14(18)3/h4-9,11,19H,10H2,1-3H3,(H,20,22). The van der Waals surface area contributed by atoms with Crippen molar-refractivity contribution in [2.24, 2.45) is 0 Å². The van der Waals surface area contributed by atoms with Crippen LogP contribution in [0.25, 0.3) is 0 Å². The molecule has 0 aliphatic carbocycles. The number of aromatic nitrogens is 2. The van der Waals surface area contributed by atoms with Gasteiger partial charge in [-0.1, -0.05) is 35.0 Å². The molecule has 2 heterocycles. The molecular weight excluding hydrogens is 352 g/mol. The Balaban J connectivity index is 1.68. The largest absolute Gasteiger partial charge is 0.380 e. The molecule has 7 nitrogen and oxygen atoms in total. The Morgan fingerprint density at radius 1 is 1.12 bits per heavy atom. The van der Waals surface area contributed by atoms with Crippen molar-refractivity contribution in [1.82, 2.24) is 10.1 Å². The zero-order valence-corrected chi connectivity index (χ0v) is 15.6. The maximum Gasteiger partial charge on any atom is 0.268 e. The highest BCUT2D eigenvalue weighted by Crippen LogP contribution is 2.22. The second kappa shape index (κ2) is 7.17. The molecule has 2 N–H and O–H groups in total. The fourth-order valence-electron chi connectivity index (χ4n) is 2.63. The minimum absolute atomic E-state index is 0.0425. The van der Waals surface area contributed by atoms with Gasteiger partial charge in [-0.15, -0.1) is 0 Å². The Morgan fingerprint density at radius 3 is 2.54 bits per heavy atom. The molecule has 0 atom stereocenters. The van der Waals surface area contributed by atoms with Crippen molar-refractivity contribution in [2.45, 2.75) is 32.2 Å². The third kappa shape index (κ3) is 4.02. The molecule has 8 heteroatoms. The minimum atomic E-state index is -3.79. The van der Waals surface area contributed by atoms with Gasteiger partial charge in [-0.3, -0.25) is 4.72 Å². The van der Waals surface area contributed by atoms with Gasteiger partial charge in [0.15, 0.2) is 10.7 Å². The summed E-state index contributed by atoms with van der Waals surface area (Å²) in [6.07, 6.45) is 1.58. The van der Waals surface area contributed by atoms with E-state index in [2.05, 4.69) is 26.2 Å². The molecule has 0 aliphatic heterocycles. The van der Waals surface area contributed by atoms with E-state index in [-0.39, 0.29) is 16.5 Å². The van der Waals surface area contributed by atoms with Crippen molar-refractivity contribution in [3.05, 3.63) is 65.2 Å². The number of rotatable bonds is 6. The van der Waals surface area contributed by atoms with Gasteiger partial charge in [0.25, 0.3) is 10.0 Å². The maximum atomic E-state index is 12.5. The molecule has 26 heavy (non-hydrogen) atoms. The third-order valence-electron chi connectivity index (χ3n) is 3.82. The summed E-state index contributed by atoms with van der Waals surface area (Å²) in [6, 6.07) is 11.6. The van der Waals surface area contributed by atoms with Crippen molar-refractivity contribution >= 4 is 21.5 Å². The molecular formula is C18H20N4O3S. The lowest BCUT2D eigenvalue weighted by Crippen LogP contribution is -2.15. The van der Waals surface area contributed by atoms with Gasteiger partial charge in [0.2, 0.25) is 0 Å². The van der Waals surface area contributed by atoms with Gasteiger partial charge >= 0.3 is 0 Å². The molecule has 0 bridgehead atoms. The number of hydrogen-bond donors (Lipinski definition) is 2. The summed E-state index contributed by atoms with van der Waals surface area (Å²) in [6.45, 7) is 5.84. The summed E-state index contributed by atoms with van der Waals surface area (Å²) >= 11 is 0. The van der Waals surface area contributed by atoms with Crippen LogP contribution >= 0.6 is 0 Å². The predicted octanol–water partition coefficient (Wildman–Crippen LogP) is 3.41. The van der Waals surface area contributed by atoms with Gasteiger partial charge in [-0.2, -0.15) is 0 Å². The zero-order chi connectivity index (χ0) is 18.7. The first kappa shape index (κ1) is 17.9. The Hall–Kier alpha value is -2.87. The summed E-state index contributed by atoms with van der Waals surface area (Å²) in [5.74, 6) is 0.470. The van der Waals surface area contributed by atoms with Gasteiger partial charge in [0, 0.05) is 6.54 Å². The first-order valence-corrected chi connectivity index (χ1v) is 9.54. The fourth-order valence-corrected chi connectivity index (χ4v) is 3.97. The van der Waals surface area contributed by atoms with E-state index in [9.17, 15) is 8.42 Å². The Morgan fingerprint density at radius 2 is 1.92 bits per heavy atom. The third-order valence-corrected chi connectivity index (χ3v) is 5.42. The topological polar surface area (TPSA) is 97.1 Å². The Labute approximate surface area is 152 Å². The molecule has 0 aliphatic rings. The van der Waals surface area contributed by atoms with Crippen molar-refractivity contribution in [3.63, 3.8) is 0 Å². The van der Waals surface area contributed by atoms with Crippen LogP contribution in [0, 0.1) is 20.8 Å². The van der Waals surface area contributed by atoms with E-state index in [1.807, 2.05) is 25.1 Å². The lowest BCUT2D eigenvalue weighted by molar-refractivity contribution is 0.390. The molecule has 0 unspecified atom stereocenters. The summed E-state index contributed by atoms with van der Waals surface area (Å²) in [7, 11) is -3.79. The molecule has 2 aromatic heterocycles. The van der Waals surface area contributed by atoms with Crippen LogP contribution in [0.15, 0.2) is 52.0 Å². The lowest BCUT2D eigenvalue weighted by atomic mass is 10.1. The second-order valence-electron chi connectivity index (χ2n) is 6.03. The van der Waals surface area contributed by atoms with Gasteiger partial charge in [0.1, 0.15) is 11.5 Å². The average Bonchev–Trinajstić information content (AvgIpc) is 2.93. The van der Waals surface area contributed by atoms with E-state index < -0.39 is 10.0 Å².